The van der Waals surface area contributed by atoms with E-state index in [4.69, 9.17) is 0 Å². The third-order valence-electron chi connectivity index (χ3n) is 4.62. The number of amides is 1. The second-order valence-corrected chi connectivity index (χ2v) is 9.74. The van der Waals surface area contributed by atoms with Crippen LogP contribution in [0, 0.1) is 0 Å². The number of benzene rings is 1. The highest BCUT2D eigenvalue weighted by Crippen LogP contribution is 2.30. The van der Waals surface area contributed by atoms with Crippen molar-refractivity contribution in [3.8, 4) is 0 Å². The van der Waals surface area contributed by atoms with E-state index in [0.29, 0.717) is 34.5 Å². The minimum atomic E-state index is -3.59. The number of anilines is 2. The van der Waals surface area contributed by atoms with Gasteiger partial charge in [0.2, 0.25) is 10.0 Å². The largest absolute Gasteiger partial charge is 0.376 e. The molecular weight excluding hydrogens is 444 g/mol. The lowest BCUT2D eigenvalue weighted by atomic mass is 10.2. The van der Waals surface area contributed by atoms with E-state index >= 15 is 0 Å². The van der Waals surface area contributed by atoms with Crippen LogP contribution in [-0.2, 0) is 10.0 Å². The first-order chi connectivity index (χ1) is 13.3. The van der Waals surface area contributed by atoms with Crippen molar-refractivity contribution in [3.63, 3.8) is 0 Å². The zero-order valence-corrected chi connectivity index (χ0v) is 18.3. The molecule has 1 amide bonds. The fourth-order valence-electron chi connectivity index (χ4n) is 3.15. The molecule has 1 aliphatic heterocycles. The molecule has 9 heteroatoms. The lowest BCUT2D eigenvalue weighted by Gasteiger charge is -2.26. The molecule has 0 atom stereocenters. The fraction of sp³-hybridized carbons (Fsp3) is 0.368. The van der Waals surface area contributed by atoms with Gasteiger partial charge in [0.25, 0.3) is 5.91 Å². The minimum Gasteiger partial charge on any atom is -0.376 e. The van der Waals surface area contributed by atoms with Crippen LogP contribution in [0.4, 0.5) is 11.4 Å². The number of pyridine rings is 1. The van der Waals surface area contributed by atoms with Gasteiger partial charge in [-0.1, -0.05) is 6.42 Å². The molecule has 0 spiro atoms. The summed E-state index contributed by atoms with van der Waals surface area (Å²) in [5, 5.41) is 2.83. The minimum absolute atomic E-state index is 0.183. The van der Waals surface area contributed by atoms with Gasteiger partial charge in [-0.25, -0.2) is 8.42 Å². The zero-order chi connectivity index (χ0) is 20.3. The molecule has 3 rings (SSSR count). The van der Waals surface area contributed by atoms with Crippen molar-refractivity contribution in [2.24, 2.45) is 0 Å². The Balaban J connectivity index is 1.95. The summed E-state index contributed by atoms with van der Waals surface area (Å²) in [6, 6.07) is 6.50. The molecule has 2 aromatic rings. The van der Waals surface area contributed by atoms with E-state index in [2.05, 4.69) is 26.2 Å². The average Bonchev–Trinajstić information content (AvgIpc) is 2.68. The molecule has 0 unspecified atom stereocenters. The van der Waals surface area contributed by atoms with Gasteiger partial charge in [0.1, 0.15) is 0 Å². The molecule has 0 bridgehead atoms. The first-order valence-electron chi connectivity index (χ1n) is 9.02. The van der Waals surface area contributed by atoms with Crippen molar-refractivity contribution in [1.82, 2.24) is 9.29 Å². The normalized spacial score (nSPS) is 15.2. The molecule has 1 aromatic carbocycles. The molecule has 1 fully saturated rings. The van der Waals surface area contributed by atoms with E-state index in [1.807, 2.05) is 19.0 Å². The third kappa shape index (κ3) is 4.53. The summed E-state index contributed by atoms with van der Waals surface area (Å²) < 4.78 is 28.2. The van der Waals surface area contributed by atoms with Crippen LogP contribution < -0.4 is 10.2 Å². The summed E-state index contributed by atoms with van der Waals surface area (Å²) in [6.45, 7) is 1.06. The highest BCUT2D eigenvalue weighted by Gasteiger charge is 2.27. The lowest BCUT2D eigenvalue weighted by molar-refractivity contribution is 0.102. The number of nitrogens with zero attached hydrogens (tertiary/aromatic N) is 3. The maximum absolute atomic E-state index is 13.0. The number of halogens is 1. The predicted molar refractivity (Wildman–Crippen MR) is 113 cm³/mol. The summed E-state index contributed by atoms with van der Waals surface area (Å²) in [4.78, 5) is 18.7. The van der Waals surface area contributed by atoms with E-state index in [9.17, 15) is 13.2 Å². The van der Waals surface area contributed by atoms with Crippen molar-refractivity contribution in [3.05, 3.63) is 46.7 Å². The zero-order valence-electron chi connectivity index (χ0n) is 15.9. The van der Waals surface area contributed by atoms with Crippen molar-refractivity contribution >= 4 is 43.2 Å². The first kappa shape index (κ1) is 20.8. The number of aromatic nitrogens is 1. The van der Waals surface area contributed by atoms with Gasteiger partial charge in [-0.15, -0.1) is 0 Å². The van der Waals surface area contributed by atoms with E-state index in [1.54, 1.807) is 24.4 Å². The summed E-state index contributed by atoms with van der Waals surface area (Å²) in [5.74, 6) is -0.357. The number of sulfonamides is 1. The van der Waals surface area contributed by atoms with Crippen LogP contribution in [0.2, 0.25) is 0 Å². The summed E-state index contributed by atoms with van der Waals surface area (Å²) >= 11 is 3.30. The molecule has 1 aliphatic rings. The van der Waals surface area contributed by atoms with Crippen LogP contribution in [-0.4, -0.2) is 50.8 Å². The summed E-state index contributed by atoms with van der Waals surface area (Å²) in [5.41, 5.74) is 1.53. The van der Waals surface area contributed by atoms with Gasteiger partial charge in [-0.3, -0.25) is 9.78 Å². The Labute approximate surface area is 173 Å². The van der Waals surface area contributed by atoms with Crippen molar-refractivity contribution < 1.29 is 13.2 Å². The maximum Gasteiger partial charge on any atom is 0.257 e. The molecule has 28 heavy (non-hydrogen) atoms. The maximum atomic E-state index is 13.0. The van der Waals surface area contributed by atoms with Gasteiger partial charge in [-0.2, -0.15) is 4.31 Å². The van der Waals surface area contributed by atoms with Crippen molar-refractivity contribution in [1.29, 1.82) is 0 Å². The number of hydrogen-bond acceptors (Lipinski definition) is 5. The second-order valence-electron chi connectivity index (χ2n) is 6.88. The highest BCUT2D eigenvalue weighted by molar-refractivity contribution is 9.10. The van der Waals surface area contributed by atoms with Crippen molar-refractivity contribution in [2.75, 3.05) is 37.4 Å². The Morgan fingerprint density at radius 1 is 1.14 bits per heavy atom. The monoisotopic (exact) mass is 466 g/mol. The summed E-state index contributed by atoms with van der Waals surface area (Å²) in [7, 11) is 0.0850. The average molecular weight is 467 g/mol. The molecule has 7 nitrogen and oxygen atoms in total. The Hall–Kier alpha value is -1.97. The smallest absolute Gasteiger partial charge is 0.257 e. The quantitative estimate of drug-likeness (QED) is 0.730. The molecule has 0 radical (unpaired) electrons. The molecule has 1 saturated heterocycles. The van der Waals surface area contributed by atoms with Crippen molar-refractivity contribution in [2.45, 2.75) is 24.2 Å². The van der Waals surface area contributed by atoms with Gasteiger partial charge in [0.05, 0.1) is 21.8 Å². The molecule has 1 N–H and O–H groups in total. The van der Waals surface area contributed by atoms with Gasteiger partial charge >= 0.3 is 0 Å². The van der Waals surface area contributed by atoms with Crippen LogP contribution in [0.5, 0.6) is 0 Å². The molecule has 0 aliphatic carbocycles. The lowest BCUT2D eigenvalue weighted by Crippen LogP contribution is -2.35. The topological polar surface area (TPSA) is 82.6 Å². The SMILES string of the molecule is CN(C)c1ccc(S(=O)(=O)N2CCCCC2)cc1NC(=O)c1cncc(Br)c1. The molecule has 150 valence electrons. The van der Waals surface area contributed by atoms with E-state index in [1.165, 1.54) is 16.6 Å². The van der Waals surface area contributed by atoms with Crippen LogP contribution in [0.15, 0.2) is 46.0 Å². The number of piperidine rings is 1. The number of rotatable bonds is 5. The molecule has 0 saturated carbocycles. The fourth-order valence-corrected chi connectivity index (χ4v) is 5.06. The van der Waals surface area contributed by atoms with E-state index < -0.39 is 10.0 Å². The Morgan fingerprint density at radius 2 is 1.86 bits per heavy atom. The van der Waals surface area contributed by atoms with E-state index in [0.717, 1.165) is 19.3 Å². The number of carbonyl (C=O) groups excluding carboxylic acids is 1. The number of hydrogen-bond donors (Lipinski definition) is 1. The summed E-state index contributed by atoms with van der Waals surface area (Å²) in [6.07, 6.45) is 5.84. The van der Waals surface area contributed by atoms with Gasteiger partial charge in [0, 0.05) is 44.1 Å². The standard InChI is InChI=1S/C19H23BrN4O3S/c1-23(2)18-7-6-16(28(26,27)24-8-4-3-5-9-24)11-17(18)22-19(25)14-10-15(20)13-21-12-14/h6-7,10-13H,3-5,8-9H2,1-2H3,(H,22,25). The number of nitrogens with one attached hydrogen (secondary N) is 1. The van der Waals surface area contributed by atoms with Crippen LogP contribution >= 0.6 is 15.9 Å². The highest BCUT2D eigenvalue weighted by atomic mass is 79.9. The van der Waals surface area contributed by atoms with E-state index in [-0.39, 0.29) is 10.8 Å². The van der Waals surface area contributed by atoms with Gasteiger partial charge in [-0.05, 0) is 53.0 Å². The molecular formula is C19H23BrN4O3S. The van der Waals surface area contributed by atoms with Gasteiger partial charge < -0.3 is 10.2 Å². The number of carbonyl (C=O) groups is 1. The third-order valence-corrected chi connectivity index (χ3v) is 6.95. The Bertz CT molecular complexity index is 973. The Morgan fingerprint density at radius 3 is 2.50 bits per heavy atom. The van der Waals surface area contributed by atoms with Crippen LogP contribution in [0.25, 0.3) is 0 Å². The van der Waals surface area contributed by atoms with Crippen LogP contribution in [0.1, 0.15) is 29.6 Å². The predicted octanol–water partition coefficient (Wildman–Crippen LogP) is 3.34. The molecule has 2 heterocycles. The first-order valence-corrected chi connectivity index (χ1v) is 11.3. The second kappa shape index (κ2) is 8.59. The van der Waals surface area contributed by atoms with Crippen LogP contribution in [0.3, 0.4) is 0 Å². The van der Waals surface area contributed by atoms with Gasteiger partial charge in [0.15, 0.2) is 0 Å². The Kier molecular flexibility index (Phi) is 6.36. The molecule has 1 aromatic heterocycles.